The van der Waals surface area contributed by atoms with Crippen LogP contribution < -0.4 is 5.73 Å². The monoisotopic (exact) mass is 539 g/mol. The zero-order chi connectivity index (χ0) is 28.6. The lowest BCUT2D eigenvalue weighted by molar-refractivity contribution is -0.223. The molecule has 11 atom stereocenters. The first-order valence-corrected chi connectivity index (χ1v) is 16.7. The number of rotatable bonds is 2. The van der Waals surface area contributed by atoms with Gasteiger partial charge in [-0.1, -0.05) is 61.0 Å². The predicted molar refractivity (Wildman–Crippen MR) is 162 cm³/mol. The van der Waals surface area contributed by atoms with Crippen LogP contribution in [0, 0.1) is 63.1 Å². The van der Waals surface area contributed by atoms with Crippen LogP contribution in [0.4, 0.5) is 0 Å². The van der Waals surface area contributed by atoms with Crippen LogP contribution in [0.1, 0.15) is 132 Å². The summed E-state index contributed by atoms with van der Waals surface area (Å²) in [4.78, 5) is 13.3. The molecular weight excluding hydrogens is 478 g/mol. The van der Waals surface area contributed by atoms with Crippen molar-refractivity contribution < 1.29 is 9.53 Å². The van der Waals surface area contributed by atoms with Crippen molar-refractivity contribution in [3.8, 4) is 0 Å². The number of hydrogen-bond acceptors (Lipinski definition) is 3. The molecular formula is C36H61NO2. The fourth-order valence-corrected chi connectivity index (χ4v) is 12.2. The highest BCUT2D eigenvalue weighted by atomic mass is 16.5. The lowest BCUT2D eigenvalue weighted by Gasteiger charge is -2.69. The number of allylic oxidation sites excluding steroid dienone is 1. The van der Waals surface area contributed by atoms with Crippen molar-refractivity contribution >= 4 is 5.97 Å². The van der Waals surface area contributed by atoms with Gasteiger partial charge in [0.05, 0.1) is 5.92 Å². The molecule has 6 aliphatic carbocycles. The summed E-state index contributed by atoms with van der Waals surface area (Å²) in [6, 6.07) is 0. The van der Waals surface area contributed by atoms with Crippen LogP contribution in [0.15, 0.2) is 12.7 Å². The van der Waals surface area contributed by atoms with Gasteiger partial charge in [0.1, 0.15) is 6.10 Å². The summed E-state index contributed by atoms with van der Waals surface area (Å²) in [5.41, 5.74) is 8.13. The minimum atomic E-state index is 0.0464. The molecule has 6 saturated carbocycles. The molecule has 0 aliphatic heterocycles. The molecule has 3 heteroatoms. The van der Waals surface area contributed by atoms with Gasteiger partial charge in [-0.2, -0.15) is 0 Å². The highest BCUT2D eigenvalue weighted by Gasteiger charge is 2.66. The molecule has 0 aromatic carbocycles. The third-order valence-electron chi connectivity index (χ3n) is 14.8. The summed E-state index contributed by atoms with van der Waals surface area (Å²) in [5, 5.41) is 0. The Kier molecular flexibility index (Phi) is 7.51. The highest BCUT2D eigenvalue weighted by molar-refractivity contribution is 5.75. The maximum absolute atomic E-state index is 13.3. The first-order valence-electron chi connectivity index (χ1n) is 16.7. The molecule has 6 rings (SSSR count). The van der Waals surface area contributed by atoms with Crippen LogP contribution in [0.5, 0.6) is 0 Å². The van der Waals surface area contributed by atoms with E-state index in [1.54, 1.807) is 6.08 Å². The lowest BCUT2D eigenvalue weighted by atomic mass is 9.36. The van der Waals surface area contributed by atoms with Crippen LogP contribution in [-0.2, 0) is 9.53 Å². The van der Waals surface area contributed by atoms with Crippen molar-refractivity contribution in [1.29, 1.82) is 0 Å². The topological polar surface area (TPSA) is 52.3 Å². The number of esters is 1. The van der Waals surface area contributed by atoms with Crippen molar-refractivity contribution in [2.75, 3.05) is 0 Å². The number of fused-ring (bicyclic) bond motifs is 7. The van der Waals surface area contributed by atoms with Crippen molar-refractivity contribution in [1.82, 2.24) is 0 Å². The van der Waals surface area contributed by atoms with E-state index >= 15 is 0 Å². The quantitative estimate of drug-likeness (QED) is 0.281. The number of carbonyl (C=O) groups excluding carboxylic acids is 1. The molecule has 222 valence electrons. The normalized spacial score (nSPS) is 50.9. The van der Waals surface area contributed by atoms with E-state index < -0.39 is 0 Å². The van der Waals surface area contributed by atoms with E-state index in [1.165, 1.54) is 64.2 Å². The van der Waals surface area contributed by atoms with Crippen molar-refractivity contribution in [3.63, 3.8) is 0 Å². The molecule has 0 radical (unpaired) electrons. The van der Waals surface area contributed by atoms with Crippen molar-refractivity contribution in [3.05, 3.63) is 12.7 Å². The Morgan fingerprint density at radius 1 is 0.821 bits per heavy atom. The van der Waals surface area contributed by atoms with Crippen LogP contribution in [-0.4, -0.2) is 17.6 Å². The fourth-order valence-electron chi connectivity index (χ4n) is 12.2. The maximum Gasteiger partial charge on any atom is 0.309 e. The van der Waals surface area contributed by atoms with Gasteiger partial charge < -0.3 is 10.5 Å². The molecule has 2 N–H and O–H groups in total. The van der Waals surface area contributed by atoms with E-state index in [0.717, 1.165) is 36.5 Å². The Balaban J connectivity index is 0.000000983. The molecule has 0 saturated heterocycles. The van der Waals surface area contributed by atoms with Gasteiger partial charge in [0, 0.05) is 11.0 Å². The lowest BCUT2D eigenvalue weighted by Crippen LogP contribution is -2.64. The van der Waals surface area contributed by atoms with Gasteiger partial charge in [0.2, 0.25) is 0 Å². The van der Waals surface area contributed by atoms with Crippen LogP contribution >= 0.6 is 0 Å². The Hall–Kier alpha value is -0.830. The maximum atomic E-state index is 13.3. The average Bonchev–Trinajstić information content (AvgIpc) is 3.26. The molecule has 6 aliphatic rings. The van der Waals surface area contributed by atoms with Crippen LogP contribution in [0.2, 0.25) is 0 Å². The van der Waals surface area contributed by atoms with E-state index in [4.69, 9.17) is 10.5 Å². The van der Waals surface area contributed by atoms with Gasteiger partial charge in [0.25, 0.3) is 0 Å². The molecule has 11 unspecified atom stereocenters. The van der Waals surface area contributed by atoms with Gasteiger partial charge in [-0.15, -0.1) is 6.58 Å². The van der Waals surface area contributed by atoms with E-state index in [2.05, 4.69) is 55.0 Å². The Morgan fingerprint density at radius 2 is 1.49 bits per heavy atom. The predicted octanol–water partition coefficient (Wildman–Crippen LogP) is 8.95. The average molecular weight is 540 g/mol. The second-order valence-corrected chi connectivity index (χ2v) is 17.0. The molecule has 0 heterocycles. The smallest absolute Gasteiger partial charge is 0.309 e. The van der Waals surface area contributed by atoms with Gasteiger partial charge in [-0.3, -0.25) is 4.79 Å². The summed E-state index contributed by atoms with van der Waals surface area (Å²) in [6.07, 6.45) is 17.2. The molecule has 0 aromatic rings. The molecule has 3 nitrogen and oxygen atoms in total. The minimum absolute atomic E-state index is 0.0464. The molecule has 0 spiro atoms. The summed E-state index contributed by atoms with van der Waals surface area (Å²) in [5.74, 6) is 4.74. The second kappa shape index (κ2) is 9.88. The van der Waals surface area contributed by atoms with E-state index in [-0.39, 0.29) is 34.4 Å². The van der Waals surface area contributed by atoms with Crippen molar-refractivity contribution in [2.24, 2.45) is 68.8 Å². The number of carbonyl (C=O) groups is 1. The zero-order valence-electron chi connectivity index (χ0n) is 26.8. The third kappa shape index (κ3) is 4.32. The summed E-state index contributed by atoms with van der Waals surface area (Å²) >= 11 is 0. The Bertz CT molecular complexity index is 954. The van der Waals surface area contributed by atoms with Crippen LogP contribution in [0.3, 0.4) is 0 Å². The van der Waals surface area contributed by atoms with Crippen molar-refractivity contribution in [2.45, 2.75) is 144 Å². The Labute approximate surface area is 240 Å². The first-order chi connectivity index (χ1) is 18.2. The summed E-state index contributed by atoms with van der Waals surface area (Å²) in [7, 11) is 0. The van der Waals surface area contributed by atoms with E-state index in [9.17, 15) is 4.79 Å². The van der Waals surface area contributed by atoms with Gasteiger partial charge in [0.15, 0.2) is 0 Å². The summed E-state index contributed by atoms with van der Waals surface area (Å²) < 4.78 is 6.44. The molecule has 0 amide bonds. The molecule has 39 heavy (non-hydrogen) atoms. The Morgan fingerprint density at radius 3 is 2.13 bits per heavy atom. The minimum Gasteiger partial charge on any atom is -0.462 e. The van der Waals surface area contributed by atoms with Gasteiger partial charge >= 0.3 is 5.97 Å². The molecule has 6 fully saturated rings. The summed E-state index contributed by atoms with van der Waals surface area (Å²) in [6.45, 7) is 22.3. The molecule has 0 aromatic heterocycles. The largest absolute Gasteiger partial charge is 0.462 e. The van der Waals surface area contributed by atoms with Crippen LogP contribution in [0.25, 0.3) is 0 Å². The van der Waals surface area contributed by atoms with E-state index in [0.29, 0.717) is 22.7 Å². The van der Waals surface area contributed by atoms with Gasteiger partial charge in [-0.25, -0.2) is 0 Å². The fraction of sp³-hybridized carbons (Fsp3) is 0.917. The third-order valence-corrected chi connectivity index (χ3v) is 14.8. The number of nitrogens with two attached hydrogens (primary N) is 1. The van der Waals surface area contributed by atoms with Gasteiger partial charge in [-0.05, 0) is 129 Å². The SMILES string of the molecule is C=CC.CC1CC(C(=O)OC2CCC3(C)C(CCC4(C)C5CCC6(N)CCCC6C5CCC43)C2(C)C)C1(C)C. The second-order valence-electron chi connectivity index (χ2n) is 17.0. The standard InChI is InChI=1S/C33H55NO2.C3H6/c1-20-19-24(29(20,2)3)28(35)36-27-14-17-32(7)25(30(27,4)5)13-16-31(6)22-12-18-33(34)15-8-9-23(33)21(22)10-11-26(31)32;1-3-2/h20-27H,8-19,34H2,1-7H3;3H,1H2,2H3. The highest BCUT2D eigenvalue weighted by Crippen LogP contribution is 2.72. The molecule has 0 bridgehead atoms. The van der Waals surface area contributed by atoms with E-state index in [1.807, 2.05) is 6.92 Å². The zero-order valence-corrected chi connectivity index (χ0v) is 26.8. The number of ether oxygens (including phenoxy) is 1. The first kappa shape index (κ1) is 29.7. The number of hydrogen-bond donors (Lipinski definition) is 1.